The summed E-state index contributed by atoms with van der Waals surface area (Å²) in [5.74, 6) is 0. The van der Waals surface area contributed by atoms with Crippen LogP contribution in [0.1, 0.15) is 5.56 Å². The van der Waals surface area contributed by atoms with E-state index in [1.54, 1.807) is 0 Å². The first-order valence-electron chi connectivity index (χ1n) is 3.82. The topological polar surface area (TPSA) is 110 Å². The number of hydrogen-bond donors (Lipinski definition) is 2. The van der Waals surface area contributed by atoms with Crippen molar-refractivity contribution in [2.75, 3.05) is 0 Å². The van der Waals surface area contributed by atoms with Gasteiger partial charge in [0.25, 0.3) is 5.69 Å². The van der Waals surface area contributed by atoms with Crippen LogP contribution in [-0.4, -0.2) is 14.7 Å². The SMILES string of the molecule is O=[15N+]([O-])c1cccc(COP(=O)(O)[18OH])c1. The minimum atomic E-state index is -4.54. The number of phosphoric ester groups is 1. The Morgan fingerprint density at radius 3 is 2.80 bits per heavy atom. The number of rotatable bonds is 4. The summed E-state index contributed by atoms with van der Waals surface area (Å²) in [6.45, 7) is -0.369. The zero-order chi connectivity index (χ0) is 11.5. The molecule has 0 aliphatic carbocycles. The summed E-state index contributed by atoms with van der Waals surface area (Å²) in [6.07, 6.45) is 0. The number of hydrogen-bond acceptors (Lipinski definition) is 4. The van der Waals surface area contributed by atoms with Gasteiger partial charge in [-0.25, -0.2) is 4.57 Å². The predicted molar refractivity (Wildman–Crippen MR) is 49.9 cm³/mol. The molecule has 1 aromatic carbocycles. The van der Waals surface area contributed by atoms with Crippen molar-refractivity contribution < 1.29 is 23.8 Å². The molecule has 0 saturated heterocycles. The molecule has 82 valence electrons. The van der Waals surface area contributed by atoms with Crippen molar-refractivity contribution in [1.82, 2.24) is 0 Å². The molecule has 0 aromatic heterocycles. The van der Waals surface area contributed by atoms with Gasteiger partial charge in [-0.15, -0.1) is 0 Å². The van der Waals surface area contributed by atoms with Crippen LogP contribution in [0.15, 0.2) is 24.3 Å². The van der Waals surface area contributed by atoms with Crippen LogP contribution in [-0.2, 0) is 15.7 Å². The molecule has 0 fully saturated rings. The van der Waals surface area contributed by atoms with Crippen LogP contribution < -0.4 is 0 Å². The Hall–Kier alpha value is -1.27. The Bertz CT molecular complexity index is 414. The smallest absolute Gasteiger partial charge is 0.303 e. The van der Waals surface area contributed by atoms with Crippen LogP contribution >= 0.6 is 7.82 Å². The largest absolute Gasteiger partial charge is 0.469 e. The average Bonchev–Trinajstić information content (AvgIpc) is 2.14. The van der Waals surface area contributed by atoms with E-state index in [0.29, 0.717) is 5.56 Å². The summed E-state index contributed by atoms with van der Waals surface area (Å²) in [4.78, 5) is 26.6. The van der Waals surface area contributed by atoms with Gasteiger partial charge in [-0.1, -0.05) is 12.1 Å². The summed E-state index contributed by atoms with van der Waals surface area (Å²) < 4.78 is 14.6. The number of nitrogens with zero attached hydrogens (tertiary/aromatic N) is 1. The summed E-state index contributed by atoms with van der Waals surface area (Å²) >= 11 is 0. The van der Waals surface area contributed by atoms with Gasteiger partial charge in [-0.3, -0.25) is 14.6 Å². The molecule has 15 heavy (non-hydrogen) atoms. The molecule has 8 heteroatoms. The first-order chi connectivity index (χ1) is 6.88. The van der Waals surface area contributed by atoms with E-state index in [2.05, 4.69) is 4.52 Å². The van der Waals surface area contributed by atoms with Gasteiger partial charge >= 0.3 is 7.82 Å². The first kappa shape index (κ1) is 11.8. The fraction of sp³-hybridized carbons (Fsp3) is 0.143. The highest BCUT2D eigenvalue weighted by molar-refractivity contribution is 7.46. The lowest BCUT2D eigenvalue weighted by Gasteiger charge is -2.04. The van der Waals surface area contributed by atoms with Crippen molar-refractivity contribution in [2.24, 2.45) is 0 Å². The van der Waals surface area contributed by atoms with Gasteiger partial charge in [0.2, 0.25) is 0 Å². The van der Waals surface area contributed by atoms with Crippen molar-refractivity contribution in [3.05, 3.63) is 39.9 Å². The fourth-order valence-corrected chi connectivity index (χ4v) is 1.24. The lowest BCUT2D eigenvalue weighted by atomic mass is 10.2. The molecule has 1 unspecified atom stereocenters. The van der Waals surface area contributed by atoms with Crippen LogP contribution in [0, 0.1) is 10.1 Å². The summed E-state index contributed by atoms with van der Waals surface area (Å²) in [6, 6.07) is 5.36. The van der Waals surface area contributed by atoms with Crippen LogP contribution in [0.2, 0.25) is 0 Å². The van der Waals surface area contributed by atoms with Crippen LogP contribution in [0.5, 0.6) is 0 Å². The summed E-state index contributed by atoms with van der Waals surface area (Å²) in [5, 5.41) is 10.4. The van der Waals surface area contributed by atoms with Crippen molar-refractivity contribution >= 4 is 13.5 Å². The Labute approximate surface area is 84.7 Å². The maximum absolute atomic E-state index is 10.4. The van der Waals surface area contributed by atoms with Crippen LogP contribution in [0.4, 0.5) is 5.69 Å². The lowest BCUT2D eigenvalue weighted by Crippen LogP contribution is -1.93. The Kier molecular flexibility index (Phi) is 3.54. The van der Waals surface area contributed by atoms with E-state index in [4.69, 9.17) is 9.79 Å². The maximum atomic E-state index is 10.4. The molecule has 0 saturated carbocycles. The van der Waals surface area contributed by atoms with Gasteiger partial charge in [-0.05, 0) is 5.56 Å². The zero-order valence-electron chi connectivity index (χ0n) is 7.44. The molecule has 0 heterocycles. The Morgan fingerprint density at radius 2 is 2.27 bits per heavy atom. The summed E-state index contributed by atoms with van der Waals surface area (Å²) in [7, 11) is -4.54. The third kappa shape index (κ3) is 4.18. The van der Waals surface area contributed by atoms with E-state index >= 15 is 0 Å². The number of nitro groups is 1. The molecule has 0 radical (unpaired) electrons. The third-order valence-corrected chi connectivity index (χ3v) is 1.99. The van der Waals surface area contributed by atoms with Gasteiger partial charge in [-0.2, -0.15) is 0 Å². The number of non-ortho nitro benzene ring substituents is 1. The van der Waals surface area contributed by atoms with Gasteiger partial charge in [0, 0.05) is 12.1 Å². The van der Waals surface area contributed by atoms with Crippen molar-refractivity contribution in [1.29, 1.82) is 0 Å². The second-order valence-corrected chi connectivity index (χ2v) is 3.93. The van der Waals surface area contributed by atoms with E-state index in [0.717, 1.165) is 0 Å². The molecule has 0 amide bonds. The van der Waals surface area contributed by atoms with E-state index in [1.165, 1.54) is 24.3 Å². The quantitative estimate of drug-likeness (QED) is 0.267. The molecule has 1 atom stereocenters. The molecule has 0 aliphatic rings. The van der Waals surface area contributed by atoms with Gasteiger partial charge in [0.1, 0.15) is 0 Å². The van der Waals surface area contributed by atoms with Crippen molar-refractivity contribution in [3.8, 4) is 0 Å². The van der Waals surface area contributed by atoms with Gasteiger partial charge in [0.15, 0.2) is 0 Å². The van der Waals surface area contributed by atoms with Crippen LogP contribution in [0.3, 0.4) is 0 Å². The zero-order valence-corrected chi connectivity index (χ0v) is 8.33. The first-order valence-corrected chi connectivity index (χ1v) is 5.35. The predicted octanol–water partition coefficient (Wildman–Crippen LogP) is 1.20. The molecule has 0 bridgehead atoms. The van der Waals surface area contributed by atoms with Gasteiger partial charge < -0.3 is 9.79 Å². The van der Waals surface area contributed by atoms with E-state index in [9.17, 15) is 14.7 Å². The maximum Gasteiger partial charge on any atom is 0.469 e. The van der Waals surface area contributed by atoms with E-state index < -0.39 is 12.7 Å². The highest BCUT2D eigenvalue weighted by Gasteiger charge is 2.14. The lowest BCUT2D eigenvalue weighted by molar-refractivity contribution is -0.384. The molecule has 7 nitrogen and oxygen atoms in total. The molecule has 2 N–H and O–H groups in total. The molecular weight excluding hydrogens is 228 g/mol. The normalized spacial score (nSPS) is 14.5. The minimum absolute atomic E-state index is 0.151. The van der Waals surface area contributed by atoms with Crippen LogP contribution in [0.25, 0.3) is 0 Å². The Balaban J connectivity index is 2.74. The number of phosphoric acid groups is 1. The summed E-state index contributed by atoms with van der Waals surface area (Å²) in [5.41, 5.74) is 0.175. The third-order valence-electron chi connectivity index (χ3n) is 1.52. The Morgan fingerprint density at radius 1 is 1.60 bits per heavy atom. The van der Waals surface area contributed by atoms with Gasteiger partial charge in [0.05, 0.1) is 11.5 Å². The molecule has 1 aromatic rings. The number of benzene rings is 1. The monoisotopic (exact) mass is 236 g/mol. The number of nitro benzene ring substituents is 1. The average molecular weight is 236 g/mol. The molecule has 0 aliphatic heterocycles. The molecular formula is C7H8NO6P. The molecule has 1 rings (SSSR count). The standard InChI is InChI=1S/C7H8NO6P/c9-8(10)7-3-1-2-6(4-7)5-14-15(11,12)13/h1-4H,5H2,(H2,11,12,13)/i8+1,11+2. The highest BCUT2D eigenvalue weighted by Crippen LogP contribution is 2.37. The van der Waals surface area contributed by atoms with Crippen molar-refractivity contribution in [3.63, 3.8) is 0 Å². The highest BCUT2D eigenvalue weighted by atomic mass is 31.2. The fourth-order valence-electron chi connectivity index (χ4n) is 0.918. The second-order valence-electron chi connectivity index (χ2n) is 2.69. The van der Waals surface area contributed by atoms with E-state index in [-0.39, 0.29) is 12.3 Å². The second kappa shape index (κ2) is 4.50. The minimum Gasteiger partial charge on any atom is -0.303 e. The van der Waals surface area contributed by atoms with Crippen molar-refractivity contribution in [2.45, 2.75) is 6.61 Å². The molecule has 0 spiro atoms. The van der Waals surface area contributed by atoms with E-state index in [1.807, 2.05) is 0 Å².